The third kappa shape index (κ3) is 4.98. The van der Waals surface area contributed by atoms with Gasteiger partial charge in [-0.15, -0.1) is 0 Å². The Balaban J connectivity index is 0.956. The van der Waals surface area contributed by atoms with Crippen molar-refractivity contribution in [1.82, 2.24) is 15.0 Å². The van der Waals surface area contributed by atoms with Crippen LogP contribution in [0, 0.1) is 0 Å². The second-order valence-electron chi connectivity index (χ2n) is 16.2. The maximum atomic E-state index is 6.29. The minimum absolute atomic E-state index is 0.364. The zero-order chi connectivity index (χ0) is 40.8. The number of hydrogen-bond acceptors (Lipinski definition) is 4. The third-order valence-electron chi connectivity index (χ3n) is 13.0. The van der Waals surface area contributed by atoms with Crippen LogP contribution in [0.4, 0.5) is 0 Å². The molecular formula is C58H35N3O. The van der Waals surface area contributed by atoms with Gasteiger partial charge < -0.3 is 4.42 Å². The van der Waals surface area contributed by atoms with Gasteiger partial charge in [0.2, 0.25) is 0 Å². The molecule has 0 bridgehead atoms. The molecule has 288 valence electrons. The summed E-state index contributed by atoms with van der Waals surface area (Å²) in [7, 11) is 0. The number of fused-ring (bicyclic) bond motifs is 13. The molecule has 2 aliphatic rings. The van der Waals surface area contributed by atoms with E-state index in [4.69, 9.17) is 19.4 Å². The fourth-order valence-corrected chi connectivity index (χ4v) is 10.4. The molecule has 11 aromatic rings. The highest BCUT2D eigenvalue weighted by Gasteiger charge is 2.51. The number of hydrogen-bond donors (Lipinski definition) is 0. The van der Waals surface area contributed by atoms with Crippen LogP contribution in [0.3, 0.4) is 0 Å². The highest BCUT2D eigenvalue weighted by atomic mass is 16.3. The molecule has 4 heteroatoms. The van der Waals surface area contributed by atoms with Gasteiger partial charge in [-0.1, -0.05) is 188 Å². The Bertz CT molecular complexity index is 3560. The van der Waals surface area contributed by atoms with E-state index in [9.17, 15) is 0 Å². The van der Waals surface area contributed by atoms with Crippen LogP contribution in [0.5, 0.6) is 0 Å². The van der Waals surface area contributed by atoms with Crippen LogP contribution in [-0.4, -0.2) is 15.0 Å². The molecule has 0 fully saturated rings. The Morgan fingerprint density at radius 2 is 0.774 bits per heavy atom. The predicted molar refractivity (Wildman–Crippen MR) is 251 cm³/mol. The van der Waals surface area contributed by atoms with E-state index in [2.05, 4.69) is 152 Å². The summed E-state index contributed by atoms with van der Waals surface area (Å²) in [6, 6.07) is 75.7. The van der Waals surface area contributed by atoms with Crippen molar-refractivity contribution in [2.45, 2.75) is 5.41 Å². The fraction of sp³-hybridized carbons (Fsp3) is 0.0172. The van der Waals surface area contributed by atoms with Gasteiger partial charge in [0.05, 0.1) is 5.41 Å². The standard InChI is InChI=1S/C58H35N3O/c1-2-16-36(17-3-1)55-59-56(61-57(60-55)46-26-15-31-53-54(46)45-25-9-13-30-52(45)62-53)44-24-5-4-20-40(44)39-19-14-18-37(34-39)38-32-33-51-47(35-38)43-23-8-12-29-50(43)58(51)48-27-10-6-21-41(48)42-22-7-11-28-49(42)58/h1-35H. The predicted octanol–water partition coefficient (Wildman–Crippen LogP) is 14.4. The smallest absolute Gasteiger partial charge is 0.164 e. The van der Waals surface area contributed by atoms with Crippen LogP contribution in [0.25, 0.3) is 101 Å². The van der Waals surface area contributed by atoms with Crippen molar-refractivity contribution in [2.24, 2.45) is 0 Å². The Morgan fingerprint density at radius 3 is 1.52 bits per heavy atom. The van der Waals surface area contributed by atoms with Gasteiger partial charge in [-0.2, -0.15) is 0 Å². The van der Waals surface area contributed by atoms with E-state index in [1.807, 2.05) is 60.7 Å². The topological polar surface area (TPSA) is 51.8 Å². The molecule has 0 saturated heterocycles. The van der Waals surface area contributed by atoms with E-state index in [1.54, 1.807) is 0 Å². The Kier molecular flexibility index (Phi) is 7.49. The van der Waals surface area contributed by atoms with E-state index in [0.717, 1.165) is 55.3 Å². The number of benzene rings is 9. The van der Waals surface area contributed by atoms with E-state index in [-0.39, 0.29) is 5.41 Å². The number of aromatic nitrogens is 3. The zero-order valence-electron chi connectivity index (χ0n) is 33.5. The SMILES string of the molecule is c1ccc(-c2nc(-c3ccccc3-c3cccc(-c4ccc5c(c4)-c4ccccc4C54c5ccccc5-c5ccccc54)c3)nc(-c3cccc4oc5ccccc5c34)n2)cc1. The van der Waals surface area contributed by atoms with E-state index >= 15 is 0 Å². The van der Waals surface area contributed by atoms with Crippen molar-refractivity contribution in [2.75, 3.05) is 0 Å². The maximum absolute atomic E-state index is 6.29. The summed E-state index contributed by atoms with van der Waals surface area (Å²) >= 11 is 0. The molecule has 2 aliphatic carbocycles. The number of para-hydroxylation sites is 1. The van der Waals surface area contributed by atoms with Gasteiger partial charge in [0, 0.05) is 27.5 Å². The maximum Gasteiger partial charge on any atom is 0.164 e. The first-order valence-corrected chi connectivity index (χ1v) is 21.1. The van der Waals surface area contributed by atoms with Crippen LogP contribution < -0.4 is 0 Å². The average molecular weight is 790 g/mol. The van der Waals surface area contributed by atoms with Crippen molar-refractivity contribution in [1.29, 1.82) is 0 Å². The van der Waals surface area contributed by atoms with Crippen LogP contribution >= 0.6 is 0 Å². The lowest BCUT2D eigenvalue weighted by Gasteiger charge is -2.30. The van der Waals surface area contributed by atoms with Crippen LogP contribution in [0.2, 0.25) is 0 Å². The molecule has 0 aliphatic heterocycles. The first-order valence-electron chi connectivity index (χ1n) is 21.1. The van der Waals surface area contributed by atoms with Crippen LogP contribution in [-0.2, 0) is 5.41 Å². The lowest BCUT2D eigenvalue weighted by molar-refractivity contribution is 0.669. The molecule has 0 amide bonds. The van der Waals surface area contributed by atoms with Gasteiger partial charge in [-0.3, -0.25) is 0 Å². The minimum atomic E-state index is -0.364. The quantitative estimate of drug-likeness (QED) is 0.174. The number of rotatable bonds is 5. The molecular weight excluding hydrogens is 755 g/mol. The van der Waals surface area contributed by atoms with Crippen molar-refractivity contribution < 1.29 is 4.42 Å². The van der Waals surface area contributed by atoms with Gasteiger partial charge in [0.25, 0.3) is 0 Å². The molecule has 9 aromatic carbocycles. The summed E-state index contributed by atoms with van der Waals surface area (Å²) in [5.74, 6) is 1.82. The summed E-state index contributed by atoms with van der Waals surface area (Å²) in [6.45, 7) is 0. The lowest BCUT2D eigenvalue weighted by Crippen LogP contribution is -2.25. The van der Waals surface area contributed by atoms with Crippen molar-refractivity contribution in [3.05, 3.63) is 235 Å². The molecule has 1 spiro atoms. The zero-order valence-corrected chi connectivity index (χ0v) is 33.5. The largest absolute Gasteiger partial charge is 0.456 e. The second kappa shape index (κ2) is 13.4. The van der Waals surface area contributed by atoms with E-state index in [0.29, 0.717) is 17.5 Å². The van der Waals surface area contributed by atoms with Crippen LogP contribution in [0.15, 0.2) is 217 Å². The Hall–Kier alpha value is -8.21. The molecule has 0 unspecified atom stereocenters. The first kappa shape index (κ1) is 34.6. The summed E-state index contributed by atoms with van der Waals surface area (Å²) in [5, 5.41) is 2.02. The summed E-state index contributed by atoms with van der Waals surface area (Å²) < 4.78 is 6.29. The monoisotopic (exact) mass is 789 g/mol. The molecule has 0 atom stereocenters. The molecule has 0 radical (unpaired) electrons. The normalized spacial score (nSPS) is 13.0. The third-order valence-corrected chi connectivity index (χ3v) is 13.0. The molecule has 0 N–H and O–H groups in total. The molecule has 4 nitrogen and oxygen atoms in total. The highest BCUT2D eigenvalue weighted by molar-refractivity contribution is 6.11. The lowest BCUT2D eigenvalue weighted by atomic mass is 9.70. The summed E-state index contributed by atoms with van der Waals surface area (Å²) in [6.07, 6.45) is 0. The van der Waals surface area contributed by atoms with Crippen molar-refractivity contribution in [3.8, 4) is 78.7 Å². The number of furan rings is 1. The van der Waals surface area contributed by atoms with Gasteiger partial charge in [0.15, 0.2) is 17.5 Å². The average Bonchev–Trinajstić information content (AvgIpc) is 3.98. The first-order chi connectivity index (χ1) is 30.7. The molecule has 2 heterocycles. The molecule has 0 saturated carbocycles. The van der Waals surface area contributed by atoms with Crippen LogP contribution in [0.1, 0.15) is 22.3 Å². The van der Waals surface area contributed by atoms with E-state index in [1.165, 1.54) is 50.1 Å². The van der Waals surface area contributed by atoms with E-state index < -0.39 is 0 Å². The molecule has 2 aromatic heterocycles. The van der Waals surface area contributed by atoms with Crippen molar-refractivity contribution in [3.63, 3.8) is 0 Å². The summed E-state index contributed by atoms with van der Waals surface area (Å²) in [5.41, 5.74) is 19.0. The van der Waals surface area contributed by atoms with Crippen molar-refractivity contribution >= 4 is 21.9 Å². The van der Waals surface area contributed by atoms with Gasteiger partial charge >= 0.3 is 0 Å². The fourth-order valence-electron chi connectivity index (χ4n) is 10.4. The van der Waals surface area contributed by atoms with Gasteiger partial charge in [-0.05, 0) is 91.0 Å². The molecule has 13 rings (SSSR count). The molecule has 62 heavy (non-hydrogen) atoms. The number of nitrogens with zero attached hydrogens (tertiary/aromatic N) is 3. The van der Waals surface area contributed by atoms with Gasteiger partial charge in [0.1, 0.15) is 11.2 Å². The minimum Gasteiger partial charge on any atom is -0.456 e. The van der Waals surface area contributed by atoms with Gasteiger partial charge in [-0.25, -0.2) is 15.0 Å². The highest BCUT2D eigenvalue weighted by Crippen LogP contribution is 2.63. The Labute approximate surface area is 358 Å². The Morgan fingerprint density at radius 1 is 0.290 bits per heavy atom. The summed E-state index contributed by atoms with van der Waals surface area (Å²) in [4.78, 5) is 15.6. The second-order valence-corrected chi connectivity index (χ2v) is 16.2.